The van der Waals surface area contributed by atoms with Crippen LogP contribution in [0.2, 0.25) is 0 Å². The van der Waals surface area contributed by atoms with Gasteiger partial charge >= 0.3 is 0 Å². The Morgan fingerprint density at radius 3 is 2.47 bits per heavy atom. The van der Waals surface area contributed by atoms with E-state index in [1.54, 1.807) is 0 Å². The van der Waals surface area contributed by atoms with Crippen molar-refractivity contribution in [2.75, 3.05) is 6.54 Å². The molecule has 2 N–H and O–H groups in total. The summed E-state index contributed by atoms with van der Waals surface area (Å²) in [5.41, 5.74) is 0. The zero-order valence-electron chi connectivity index (χ0n) is 13.3. The fraction of sp³-hybridized carbons (Fsp3) is 0.938. The third-order valence-electron chi connectivity index (χ3n) is 4.23. The van der Waals surface area contributed by atoms with E-state index in [1.807, 2.05) is 13.8 Å². The zero-order valence-corrected chi connectivity index (χ0v) is 13.3. The fourth-order valence-electron chi connectivity index (χ4n) is 3.20. The Balaban J connectivity index is 2.34. The molecule has 19 heavy (non-hydrogen) atoms. The molecule has 0 aromatic rings. The lowest BCUT2D eigenvalue weighted by atomic mass is 9.74. The Labute approximate surface area is 118 Å². The number of hydrogen-bond donors (Lipinski definition) is 2. The Morgan fingerprint density at radius 2 is 1.89 bits per heavy atom. The SMILES string of the molecule is CC1CCC(C(C)C)C(NCCC(=O)NC(C)C)C1. The van der Waals surface area contributed by atoms with Gasteiger partial charge in [-0.3, -0.25) is 4.79 Å². The second-order valence-electron chi connectivity index (χ2n) is 6.86. The van der Waals surface area contributed by atoms with E-state index < -0.39 is 0 Å². The lowest BCUT2D eigenvalue weighted by molar-refractivity contribution is -0.121. The molecule has 1 saturated carbocycles. The van der Waals surface area contributed by atoms with Gasteiger partial charge in [0.1, 0.15) is 0 Å². The predicted octanol–water partition coefficient (Wildman–Crippen LogP) is 2.95. The van der Waals surface area contributed by atoms with Gasteiger partial charge < -0.3 is 10.6 Å². The molecule has 3 heteroatoms. The van der Waals surface area contributed by atoms with Crippen LogP contribution < -0.4 is 10.6 Å². The van der Waals surface area contributed by atoms with E-state index in [9.17, 15) is 4.79 Å². The lowest BCUT2D eigenvalue weighted by Gasteiger charge is -2.38. The highest BCUT2D eigenvalue weighted by Gasteiger charge is 2.30. The minimum absolute atomic E-state index is 0.160. The monoisotopic (exact) mass is 268 g/mol. The molecule has 1 aliphatic rings. The topological polar surface area (TPSA) is 41.1 Å². The summed E-state index contributed by atoms with van der Waals surface area (Å²) in [5.74, 6) is 2.48. The summed E-state index contributed by atoms with van der Waals surface area (Å²) in [6, 6.07) is 0.834. The van der Waals surface area contributed by atoms with Crippen LogP contribution in [0.4, 0.5) is 0 Å². The zero-order chi connectivity index (χ0) is 14.4. The van der Waals surface area contributed by atoms with Crippen LogP contribution in [0.1, 0.15) is 60.3 Å². The van der Waals surface area contributed by atoms with Crippen molar-refractivity contribution in [1.29, 1.82) is 0 Å². The van der Waals surface area contributed by atoms with Gasteiger partial charge in [0.25, 0.3) is 0 Å². The van der Waals surface area contributed by atoms with Crippen LogP contribution in [0.15, 0.2) is 0 Å². The Kier molecular flexibility index (Phi) is 6.84. The van der Waals surface area contributed by atoms with Gasteiger partial charge in [-0.25, -0.2) is 0 Å². The maximum Gasteiger partial charge on any atom is 0.221 e. The third kappa shape index (κ3) is 5.94. The van der Waals surface area contributed by atoms with E-state index in [1.165, 1.54) is 19.3 Å². The molecule has 0 aromatic heterocycles. The number of carbonyl (C=O) groups is 1. The van der Waals surface area contributed by atoms with Gasteiger partial charge in [0.15, 0.2) is 0 Å². The second-order valence-corrected chi connectivity index (χ2v) is 6.86. The molecule has 112 valence electrons. The highest BCUT2D eigenvalue weighted by atomic mass is 16.1. The van der Waals surface area contributed by atoms with Crippen molar-refractivity contribution in [3.05, 3.63) is 0 Å². The van der Waals surface area contributed by atoms with Gasteiger partial charge in [0, 0.05) is 25.0 Å². The molecule has 0 spiro atoms. The van der Waals surface area contributed by atoms with Crippen LogP contribution in [0.25, 0.3) is 0 Å². The third-order valence-corrected chi connectivity index (χ3v) is 4.23. The van der Waals surface area contributed by atoms with Crippen LogP contribution >= 0.6 is 0 Å². The molecule has 1 fully saturated rings. The first kappa shape index (κ1) is 16.5. The highest BCUT2D eigenvalue weighted by Crippen LogP contribution is 2.33. The Hall–Kier alpha value is -0.570. The van der Waals surface area contributed by atoms with Crippen LogP contribution in [-0.2, 0) is 4.79 Å². The van der Waals surface area contributed by atoms with E-state index >= 15 is 0 Å². The molecule has 3 atom stereocenters. The first-order valence-corrected chi connectivity index (χ1v) is 7.92. The maximum atomic E-state index is 11.6. The van der Waals surface area contributed by atoms with Gasteiger partial charge in [-0.1, -0.05) is 27.2 Å². The van der Waals surface area contributed by atoms with Crippen molar-refractivity contribution in [3.8, 4) is 0 Å². The summed E-state index contributed by atoms with van der Waals surface area (Å²) in [6.07, 6.45) is 4.53. The summed E-state index contributed by atoms with van der Waals surface area (Å²) in [6.45, 7) is 11.8. The number of rotatable bonds is 6. The first-order chi connectivity index (χ1) is 8.90. The maximum absolute atomic E-state index is 11.6. The molecule has 0 aliphatic heterocycles. The molecular formula is C16H32N2O. The normalized spacial score (nSPS) is 27.8. The number of nitrogens with one attached hydrogen (secondary N) is 2. The van der Waals surface area contributed by atoms with Crippen molar-refractivity contribution in [3.63, 3.8) is 0 Å². The smallest absolute Gasteiger partial charge is 0.221 e. The molecule has 3 unspecified atom stereocenters. The van der Waals surface area contributed by atoms with Crippen LogP contribution in [0.3, 0.4) is 0 Å². The van der Waals surface area contributed by atoms with E-state index in [-0.39, 0.29) is 11.9 Å². The molecule has 1 amide bonds. The van der Waals surface area contributed by atoms with Gasteiger partial charge in [-0.2, -0.15) is 0 Å². The first-order valence-electron chi connectivity index (χ1n) is 7.92. The number of carbonyl (C=O) groups excluding carboxylic acids is 1. The quantitative estimate of drug-likeness (QED) is 0.777. The summed E-state index contributed by atoms with van der Waals surface area (Å²) in [4.78, 5) is 11.6. The average molecular weight is 268 g/mol. The van der Waals surface area contributed by atoms with Crippen molar-refractivity contribution >= 4 is 5.91 Å². The number of hydrogen-bond acceptors (Lipinski definition) is 2. The molecule has 1 aliphatic carbocycles. The predicted molar refractivity (Wildman–Crippen MR) is 81.0 cm³/mol. The van der Waals surface area contributed by atoms with E-state index in [0.29, 0.717) is 12.5 Å². The van der Waals surface area contributed by atoms with E-state index in [4.69, 9.17) is 0 Å². The molecule has 1 rings (SSSR count). The van der Waals surface area contributed by atoms with Gasteiger partial charge in [0.05, 0.1) is 0 Å². The Bertz CT molecular complexity index is 276. The minimum atomic E-state index is 0.160. The molecule has 0 bridgehead atoms. The summed E-state index contributed by atoms with van der Waals surface area (Å²) < 4.78 is 0. The molecule has 0 aromatic carbocycles. The van der Waals surface area contributed by atoms with Gasteiger partial charge in [-0.05, 0) is 44.4 Å². The summed E-state index contributed by atoms with van der Waals surface area (Å²) in [5, 5.41) is 6.57. The standard InChI is InChI=1S/C16H32N2O/c1-11(2)14-7-6-13(5)10-15(14)17-9-8-16(19)18-12(3)4/h11-15,17H,6-10H2,1-5H3,(H,18,19). The van der Waals surface area contributed by atoms with Crippen LogP contribution in [0.5, 0.6) is 0 Å². The van der Waals surface area contributed by atoms with Gasteiger partial charge in [0.2, 0.25) is 5.91 Å². The molecule has 0 saturated heterocycles. The van der Waals surface area contributed by atoms with Crippen LogP contribution in [-0.4, -0.2) is 24.5 Å². The molecule has 0 heterocycles. The second kappa shape index (κ2) is 7.88. The fourth-order valence-corrected chi connectivity index (χ4v) is 3.20. The van der Waals surface area contributed by atoms with E-state index in [0.717, 1.165) is 24.3 Å². The molecule has 0 radical (unpaired) electrons. The summed E-state index contributed by atoms with van der Waals surface area (Å²) >= 11 is 0. The highest BCUT2D eigenvalue weighted by molar-refractivity contribution is 5.76. The lowest BCUT2D eigenvalue weighted by Crippen LogP contribution is -2.44. The van der Waals surface area contributed by atoms with Crippen molar-refractivity contribution in [2.24, 2.45) is 17.8 Å². The number of amides is 1. The summed E-state index contributed by atoms with van der Waals surface area (Å²) in [7, 11) is 0. The van der Waals surface area contributed by atoms with E-state index in [2.05, 4.69) is 31.4 Å². The van der Waals surface area contributed by atoms with Gasteiger partial charge in [-0.15, -0.1) is 0 Å². The Morgan fingerprint density at radius 1 is 1.21 bits per heavy atom. The average Bonchev–Trinajstić information content (AvgIpc) is 2.27. The molecular weight excluding hydrogens is 236 g/mol. The largest absolute Gasteiger partial charge is 0.354 e. The van der Waals surface area contributed by atoms with Crippen molar-refractivity contribution < 1.29 is 4.79 Å². The minimum Gasteiger partial charge on any atom is -0.354 e. The van der Waals surface area contributed by atoms with Crippen molar-refractivity contribution in [2.45, 2.75) is 72.4 Å². The van der Waals surface area contributed by atoms with Crippen LogP contribution in [0, 0.1) is 17.8 Å². The van der Waals surface area contributed by atoms with Crippen molar-refractivity contribution in [1.82, 2.24) is 10.6 Å². The molecule has 3 nitrogen and oxygen atoms in total.